The molecule has 2 heterocycles. The van der Waals surface area contributed by atoms with Crippen LogP contribution in [0.3, 0.4) is 0 Å². The van der Waals surface area contributed by atoms with Crippen molar-refractivity contribution < 1.29 is 19.0 Å². The fraction of sp³-hybridized carbons (Fsp3) is 0.158. The summed E-state index contributed by atoms with van der Waals surface area (Å²) < 4.78 is 5.21. The standard InChI is InChI=1S/C19H15N5O5/c1-19(13-7-9-14(10-8-13)24(27)28)17(25)23(18(26)21-19)11-15-20-16(29-22-15)12-5-3-2-4-6-12/h2-10H,11H2,1H3,(H,21,26). The Balaban J connectivity index is 1.55. The monoisotopic (exact) mass is 393 g/mol. The molecule has 10 nitrogen and oxygen atoms in total. The molecule has 0 radical (unpaired) electrons. The number of hydrogen-bond donors (Lipinski definition) is 1. The number of rotatable bonds is 5. The Morgan fingerprint density at radius 2 is 1.83 bits per heavy atom. The normalized spacial score (nSPS) is 18.7. The maximum atomic E-state index is 13.0. The zero-order valence-corrected chi connectivity index (χ0v) is 15.2. The Labute approximate surface area is 164 Å². The molecule has 1 N–H and O–H groups in total. The van der Waals surface area contributed by atoms with E-state index in [4.69, 9.17) is 4.52 Å². The van der Waals surface area contributed by atoms with Crippen LogP contribution in [0.25, 0.3) is 11.5 Å². The number of non-ortho nitro benzene ring substituents is 1. The fourth-order valence-electron chi connectivity index (χ4n) is 3.11. The maximum absolute atomic E-state index is 13.0. The zero-order valence-electron chi connectivity index (χ0n) is 15.2. The number of nitrogens with zero attached hydrogens (tertiary/aromatic N) is 4. The predicted octanol–water partition coefficient (Wildman–Crippen LogP) is 2.61. The van der Waals surface area contributed by atoms with Crippen molar-refractivity contribution in [2.45, 2.75) is 19.0 Å². The highest BCUT2D eigenvalue weighted by Crippen LogP contribution is 2.30. The minimum atomic E-state index is -1.35. The Bertz CT molecular complexity index is 1100. The van der Waals surface area contributed by atoms with Crippen LogP contribution in [-0.2, 0) is 16.9 Å². The number of nitro groups is 1. The van der Waals surface area contributed by atoms with Crippen LogP contribution in [0.15, 0.2) is 59.1 Å². The number of nitro benzene ring substituents is 1. The number of carbonyl (C=O) groups is 2. The summed E-state index contributed by atoms with van der Waals surface area (Å²) in [6.45, 7) is 1.38. The van der Waals surface area contributed by atoms with Gasteiger partial charge < -0.3 is 9.84 Å². The molecule has 0 spiro atoms. The van der Waals surface area contributed by atoms with Gasteiger partial charge in [-0.3, -0.25) is 19.8 Å². The summed E-state index contributed by atoms with van der Waals surface area (Å²) in [4.78, 5) is 40.9. The third-order valence-corrected chi connectivity index (χ3v) is 4.72. The van der Waals surface area contributed by atoms with E-state index in [1.807, 2.05) is 18.2 Å². The van der Waals surface area contributed by atoms with Crippen molar-refractivity contribution in [2.75, 3.05) is 0 Å². The second-order valence-corrected chi connectivity index (χ2v) is 6.63. The van der Waals surface area contributed by atoms with E-state index >= 15 is 0 Å². The smallest absolute Gasteiger partial charge is 0.325 e. The number of imide groups is 1. The van der Waals surface area contributed by atoms with E-state index in [9.17, 15) is 19.7 Å². The van der Waals surface area contributed by atoms with Gasteiger partial charge in [-0.05, 0) is 36.8 Å². The first-order chi connectivity index (χ1) is 13.9. The second-order valence-electron chi connectivity index (χ2n) is 6.63. The lowest BCUT2D eigenvalue weighted by molar-refractivity contribution is -0.384. The molecule has 1 aliphatic heterocycles. The van der Waals surface area contributed by atoms with Crippen LogP contribution in [0.5, 0.6) is 0 Å². The first-order valence-corrected chi connectivity index (χ1v) is 8.65. The number of urea groups is 1. The van der Waals surface area contributed by atoms with E-state index < -0.39 is 22.4 Å². The third kappa shape index (κ3) is 3.20. The summed E-state index contributed by atoms with van der Waals surface area (Å²) in [7, 11) is 0. The predicted molar refractivity (Wildman–Crippen MR) is 99.3 cm³/mol. The van der Waals surface area contributed by atoms with Crippen molar-refractivity contribution >= 4 is 17.6 Å². The summed E-state index contributed by atoms with van der Waals surface area (Å²) in [5, 5.41) is 17.3. The molecule has 1 unspecified atom stereocenters. The molecule has 2 aromatic carbocycles. The number of amides is 3. The quantitative estimate of drug-likeness (QED) is 0.400. The van der Waals surface area contributed by atoms with E-state index in [-0.39, 0.29) is 23.9 Å². The molecule has 3 aromatic rings. The third-order valence-electron chi connectivity index (χ3n) is 4.72. The molecule has 10 heteroatoms. The molecule has 1 saturated heterocycles. The molecule has 3 amide bonds. The number of hydrogen-bond acceptors (Lipinski definition) is 7. The highest BCUT2D eigenvalue weighted by molar-refractivity contribution is 6.07. The fourth-order valence-corrected chi connectivity index (χ4v) is 3.11. The summed E-state index contributed by atoms with van der Waals surface area (Å²) in [5.74, 6) is -0.0477. The van der Waals surface area contributed by atoms with Crippen LogP contribution in [0.1, 0.15) is 18.3 Å². The van der Waals surface area contributed by atoms with Gasteiger partial charge in [-0.25, -0.2) is 4.79 Å². The van der Waals surface area contributed by atoms with Gasteiger partial charge in [-0.15, -0.1) is 0 Å². The maximum Gasteiger partial charge on any atom is 0.325 e. The van der Waals surface area contributed by atoms with Crippen LogP contribution in [0.4, 0.5) is 10.5 Å². The first kappa shape index (κ1) is 18.3. The van der Waals surface area contributed by atoms with E-state index in [1.165, 1.54) is 24.3 Å². The lowest BCUT2D eigenvalue weighted by Gasteiger charge is -2.21. The minimum absolute atomic E-state index is 0.105. The average Bonchev–Trinajstić information content (AvgIpc) is 3.28. The van der Waals surface area contributed by atoms with Gasteiger partial charge in [0.25, 0.3) is 17.5 Å². The lowest BCUT2D eigenvalue weighted by Crippen LogP contribution is -2.40. The zero-order chi connectivity index (χ0) is 20.6. The Hall–Kier alpha value is -4.08. The topological polar surface area (TPSA) is 131 Å². The van der Waals surface area contributed by atoms with Gasteiger partial charge in [0.15, 0.2) is 5.82 Å². The van der Waals surface area contributed by atoms with Crippen LogP contribution in [0, 0.1) is 10.1 Å². The van der Waals surface area contributed by atoms with Gasteiger partial charge in [0.2, 0.25) is 0 Å². The largest absolute Gasteiger partial charge is 0.334 e. The molecule has 29 heavy (non-hydrogen) atoms. The summed E-state index contributed by atoms with van der Waals surface area (Å²) in [5.41, 5.74) is -0.300. The Morgan fingerprint density at radius 1 is 1.14 bits per heavy atom. The van der Waals surface area contributed by atoms with E-state index in [0.717, 1.165) is 10.5 Å². The molecule has 146 valence electrons. The van der Waals surface area contributed by atoms with Crippen molar-refractivity contribution in [1.29, 1.82) is 0 Å². The molecule has 1 aliphatic rings. The molecular weight excluding hydrogens is 378 g/mol. The molecule has 1 aromatic heterocycles. The van der Waals surface area contributed by atoms with Crippen molar-refractivity contribution in [3.05, 3.63) is 76.1 Å². The summed E-state index contributed by atoms with van der Waals surface area (Å²) in [6.07, 6.45) is 0. The lowest BCUT2D eigenvalue weighted by atomic mass is 9.92. The second kappa shape index (κ2) is 6.82. The van der Waals surface area contributed by atoms with Crippen LogP contribution >= 0.6 is 0 Å². The number of nitrogens with one attached hydrogen (secondary N) is 1. The number of carbonyl (C=O) groups excluding carboxylic acids is 2. The molecule has 0 saturated carbocycles. The number of benzene rings is 2. The molecule has 0 aliphatic carbocycles. The summed E-state index contributed by atoms with van der Waals surface area (Å²) >= 11 is 0. The Kier molecular flexibility index (Phi) is 4.30. The SMILES string of the molecule is CC1(c2ccc([N+](=O)[O-])cc2)NC(=O)N(Cc2noc(-c3ccccc3)n2)C1=O. The van der Waals surface area contributed by atoms with E-state index in [2.05, 4.69) is 15.5 Å². The van der Waals surface area contributed by atoms with Crippen molar-refractivity contribution in [3.8, 4) is 11.5 Å². The van der Waals surface area contributed by atoms with Crippen LogP contribution < -0.4 is 5.32 Å². The molecule has 0 bridgehead atoms. The van der Waals surface area contributed by atoms with Crippen molar-refractivity contribution in [1.82, 2.24) is 20.4 Å². The average molecular weight is 393 g/mol. The van der Waals surface area contributed by atoms with Gasteiger partial charge in [-0.2, -0.15) is 4.98 Å². The van der Waals surface area contributed by atoms with Crippen molar-refractivity contribution in [3.63, 3.8) is 0 Å². The highest BCUT2D eigenvalue weighted by Gasteiger charge is 2.49. The molecule has 1 fully saturated rings. The minimum Gasteiger partial charge on any atom is -0.334 e. The van der Waals surface area contributed by atoms with Gasteiger partial charge >= 0.3 is 6.03 Å². The van der Waals surface area contributed by atoms with Gasteiger partial charge in [0, 0.05) is 17.7 Å². The van der Waals surface area contributed by atoms with Crippen LogP contribution in [-0.4, -0.2) is 31.9 Å². The Morgan fingerprint density at radius 3 is 2.48 bits per heavy atom. The summed E-state index contributed by atoms with van der Waals surface area (Å²) in [6, 6.07) is 14.0. The first-order valence-electron chi connectivity index (χ1n) is 8.65. The van der Waals surface area contributed by atoms with Gasteiger partial charge in [-0.1, -0.05) is 23.4 Å². The van der Waals surface area contributed by atoms with E-state index in [0.29, 0.717) is 5.56 Å². The van der Waals surface area contributed by atoms with E-state index in [1.54, 1.807) is 19.1 Å². The van der Waals surface area contributed by atoms with Gasteiger partial charge in [0.1, 0.15) is 5.54 Å². The molecular formula is C19H15N5O5. The molecule has 1 atom stereocenters. The number of aromatic nitrogens is 2. The molecule has 4 rings (SSSR count). The van der Waals surface area contributed by atoms with Crippen LogP contribution in [0.2, 0.25) is 0 Å². The van der Waals surface area contributed by atoms with Crippen molar-refractivity contribution in [2.24, 2.45) is 0 Å². The highest BCUT2D eigenvalue weighted by atomic mass is 16.6. The van der Waals surface area contributed by atoms with Gasteiger partial charge in [0.05, 0.1) is 11.5 Å².